The Labute approximate surface area is 137 Å². The summed E-state index contributed by atoms with van der Waals surface area (Å²) < 4.78 is 10.0. The number of furan rings is 1. The molecular weight excluding hydrogens is 324 g/mol. The quantitative estimate of drug-likeness (QED) is 0.544. The van der Waals surface area contributed by atoms with Crippen LogP contribution in [0.3, 0.4) is 0 Å². The Kier molecular flexibility index (Phi) is 5.45. The molecule has 1 N–H and O–H groups in total. The van der Waals surface area contributed by atoms with Crippen molar-refractivity contribution in [3.8, 4) is 11.7 Å². The first-order chi connectivity index (χ1) is 10.7. The number of nitro groups is 1. The summed E-state index contributed by atoms with van der Waals surface area (Å²) in [6.07, 6.45) is 0. The molecule has 0 aliphatic rings. The number of halogens is 1. The minimum absolute atomic E-state index is 0. The van der Waals surface area contributed by atoms with Crippen molar-refractivity contribution in [1.29, 1.82) is 0 Å². The maximum absolute atomic E-state index is 10.6. The van der Waals surface area contributed by atoms with Gasteiger partial charge in [-0.2, -0.15) is 4.98 Å². The van der Waals surface area contributed by atoms with Gasteiger partial charge in [-0.05, 0) is 11.6 Å². The molecule has 1 aromatic carbocycles. The van der Waals surface area contributed by atoms with Gasteiger partial charge in [0.05, 0.1) is 12.6 Å². The molecule has 0 aliphatic heterocycles. The Bertz CT molecular complexity index is 772. The number of aromatic nitrogens is 2. The van der Waals surface area contributed by atoms with E-state index in [0.717, 1.165) is 5.56 Å². The molecule has 0 radical (unpaired) electrons. The van der Waals surface area contributed by atoms with E-state index >= 15 is 0 Å². The van der Waals surface area contributed by atoms with Crippen molar-refractivity contribution in [2.75, 3.05) is 0 Å². The molecule has 0 fully saturated rings. The molecule has 120 valence electrons. The first-order valence-electron chi connectivity index (χ1n) is 6.54. The minimum atomic E-state index is -0.623. The molecular formula is C14H13ClN4O4. The van der Waals surface area contributed by atoms with Gasteiger partial charge < -0.3 is 14.3 Å². The number of rotatable bonds is 6. The van der Waals surface area contributed by atoms with Gasteiger partial charge in [-0.15, -0.1) is 12.4 Å². The van der Waals surface area contributed by atoms with Crippen molar-refractivity contribution < 1.29 is 13.9 Å². The van der Waals surface area contributed by atoms with Gasteiger partial charge in [-0.3, -0.25) is 10.1 Å². The van der Waals surface area contributed by atoms with Crippen LogP contribution in [0, 0.1) is 10.1 Å². The van der Waals surface area contributed by atoms with Crippen LogP contribution in [0.2, 0.25) is 0 Å². The summed E-state index contributed by atoms with van der Waals surface area (Å²) in [6, 6.07) is 12.6. The van der Waals surface area contributed by atoms with Crippen molar-refractivity contribution in [2.24, 2.45) is 0 Å². The highest BCUT2D eigenvalue weighted by Gasteiger charge is 2.17. The van der Waals surface area contributed by atoms with Crippen LogP contribution in [-0.4, -0.2) is 15.1 Å². The number of hydrogen-bond acceptors (Lipinski definition) is 7. The van der Waals surface area contributed by atoms with Gasteiger partial charge in [0.15, 0.2) is 11.6 Å². The lowest BCUT2D eigenvalue weighted by atomic mass is 10.2. The summed E-state index contributed by atoms with van der Waals surface area (Å²) in [5.74, 6) is 0.375. The van der Waals surface area contributed by atoms with Gasteiger partial charge in [0, 0.05) is 6.54 Å². The van der Waals surface area contributed by atoms with Gasteiger partial charge in [0.25, 0.3) is 5.89 Å². The average molecular weight is 337 g/mol. The van der Waals surface area contributed by atoms with E-state index < -0.39 is 4.92 Å². The van der Waals surface area contributed by atoms with E-state index in [0.29, 0.717) is 18.9 Å². The number of benzene rings is 1. The molecule has 8 nitrogen and oxygen atoms in total. The molecule has 0 bridgehead atoms. The first kappa shape index (κ1) is 16.7. The third-order valence-corrected chi connectivity index (χ3v) is 2.91. The van der Waals surface area contributed by atoms with Crippen molar-refractivity contribution in [3.63, 3.8) is 0 Å². The maximum atomic E-state index is 10.6. The summed E-state index contributed by atoms with van der Waals surface area (Å²) >= 11 is 0. The zero-order valence-electron chi connectivity index (χ0n) is 11.8. The Morgan fingerprint density at radius 2 is 1.91 bits per heavy atom. The molecule has 0 amide bonds. The van der Waals surface area contributed by atoms with Crippen molar-refractivity contribution in [3.05, 3.63) is 64.0 Å². The largest absolute Gasteiger partial charge is 0.433 e. The molecule has 0 unspecified atom stereocenters. The number of nitrogens with zero attached hydrogens (tertiary/aromatic N) is 3. The number of hydrogen-bond donors (Lipinski definition) is 1. The van der Waals surface area contributed by atoms with Crippen LogP contribution in [0.4, 0.5) is 5.88 Å². The molecule has 23 heavy (non-hydrogen) atoms. The average Bonchev–Trinajstić information content (AvgIpc) is 3.17. The highest BCUT2D eigenvalue weighted by molar-refractivity contribution is 5.85. The maximum Gasteiger partial charge on any atom is 0.433 e. The Morgan fingerprint density at radius 1 is 1.13 bits per heavy atom. The second-order valence-electron chi connectivity index (χ2n) is 4.50. The van der Waals surface area contributed by atoms with Crippen LogP contribution in [0.1, 0.15) is 11.4 Å². The lowest BCUT2D eigenvalue weighted by Gasteiger charge is -2.00. The SMILES string of the molecule is Cl.O=[N+]([O-])c1ccc(-c2nc(CNCc3ccccc3)no2)o1. The fourth-order valence-electron chi connectivity index (χ4n) is 1.88. The Balaban J connectivity index is 0.00000192. The zero-order chi connectivity index (χ0) is 15.4. The van der Waals surface area contributed by atoms with Gasteiger partial charge in [0.1, 0.15) is 4.92 Å². The normalized spacial score (nSPS) is 10.3. The van der Waals surface area contributed by atoms with Crippen LogP contribution in [0.25, 0.3) is 11.7 Å². The van der Waals surface area contributed by atoms with E-state index in [2.05, 4.69) is 15.5 Å². The number of nitrogens with one attached hydrogen (secondary N) is 1. The predicted octanol–water partition coefficient (Wildman–Crippen LogP) is 2.95. The Hall–Kier alpha value is -2.71. The van der Waals surface area contributed by atoms with E-state index in [9.17, 15) is 10.1 Å². The van der Waals surface area contributed by atoms with Gasteiger partial charge in [-0.25, -0.2) is 0 Å². The predicted molar refractivity (Wildman–Crippen MR) is 82.9 cm³/mol. The molecule has 2 aromatic heterocycles. The Morgan fingerprint density at radius 3 is 2.61 bits per heavy atom. The monoisotopic (exact) mass is 336 g/mol. The molecule has 3 aromatic rings. The van der Waals surface area contributed by atoms with Gasteiger partial charge in [-0.1, -0.05) is 35.5 Å². The summed E-state index contributed by atoms with van der Waals surface area (Å²) in [4.78, 5) is 14.1. The lowest BCUT2D eigenvalue weighted by molar-refractivity contribution is -0.401. The van der Waals surface area contributed by atoms with Crippen molar-refractivity contribution in [1.82, 2.24) is 15.5 Å². The third kappa shape index (κ3) is 4.15. The van der Waals surface area contributed by atoms with Crippen LogP contribution in [-0.2, 0) is 13.1 Å². The van der Waals surface area contributed by atoms with Gasteiger partial charge in [0.2, 0.25) is 0 Å². The standard InChI is InChI=1S/C14H12N4O4.ClH/c19-18(20)13-7-6-11(21-13)14-16-12(17-22-14)9-15-8-10-4-2-1-3-5-10;/h1-7,15H,8-9H2;1H. The molecule has 3 rings (SSSR count). The minimum Gasteiger partial charge on any atom is -0.395 e. The highest BCUT2D eigenvalue weighted by Crippen LogP contribution is 2.24. The van der Waals surface area contributed by atoms with Crippen LogP contribution >= 0.6 is 12.4 Å². The van der Waals surface area contributed by atoms with E-state index in [1.165, 1.54) is 12.1 Å². The van der Waals surface area contributed by atoms with E-state index in [1.54, 1.807) is 0 Å². The summed E-state index contributed by atoms with van der Waals surface area (Å²) in [6.45, 7) is 1.10. The first-order valence-corrected chi connectivity index (χ1v) is 6.54. The van der Waals surface area contributed by atoms with Crippen LogP contribution in [0.15, 0.2) is 51.4 Å². The second kappa shape index (κ2) is 7.52. The fraction of sp³-hybridized carbons (Fsp3) is 0.143. The van der Waals surface area contributed by atoms with Gasteiger partial charge >= 0.3 is 5.88 Å². The topological polar surface area (TPSA) is 107 Å². The van der Waals surface area contributed by atoms with E-state index in [-0.39, 0.29) is 29.9 Å². The van der Waals surface area contributed by atoms with Crippen molar-refractivity contribution >= 4 is 18.3 Å². The molecule has 0 saturated carbocycles. The highest BCUT2D eigenvalue weighted by atomic mass is 35.5. The molecule has 0 aliphatic carbocycles. The molecule has 9 heteroatoms. The fourth-order valence-corrected chi connectivity index (χ4v) is 1.88. The third-order valence-electron chi connectivity index (χ3n) is 2.91. The smallest absolute Gasteiger partial charge is 0.395 e. The van der Waals surface area contributed by atoms with Crippen LogP contribution in [0.5, 0.6) is 0 Å². The van der Waals surface area contributed by atoms with E-state index in [1.807, 2.05) is 30.3 Å². The molecule has 0 saturated heterocycles. The molecule has 0 spiro atoms. The molecule has 0 atom stereocenters. The van der Waals surface area contributed by atoms with Crippen molar-refractivity contribution in [2.45, 2.75) is 13.1 Å². The van der Waals surface area contributed by atoms with Crippen LogP contribution < -0.4 is 5.32 Å². The van der Waals surface area contributed by atoms with E-state index in [4.69, 9.17) is 8.94 Å². The summed E-state index contributed by atoms with van der Waals surface area (Å²) in [5.41, 5.74) is 1.15. The summed E-state index contributed by atoms with van der Waals surface area (Å²) in [7, 11) is 0. The second-order valence-corrected chi connectivity index (χ2v) is 4.50. The lowest BCUT2D eigenvalue weighted by Crippen LogP contribution is -2.13. The summed E-state index contributed by atoms with van der Waals surface area (Å²) in [5, 5.41) is 17.5. The zero-order valence-corrected chi connectivity index (χ0v) is 12.7. The molecule has 2 heterocycles.